The molecule has 0 unspecified atom stereocenters. The number of amides is 1. The summed E-state index contributed by atoms with van der Waals surface area (Å²) in [5.41, 5.74) is 3.76. The molecule has 0 saturated carbocycles. The lowest BCUT2D eigenvalue weighted by atomic mass is 10.2. The molecule has 3 aromatic rings. The number of carbonyl (C=O) groups excluding carboxylic acids is 1. The molecule has 0 spiro atoms. The van der Waals surface area contributed by atoms with Crippen LogP contribution in [0.2, 0.25) is 0 Å². The van der Waals surface area contributed by atoms with Crippen molar-refractivity contribution in [1.29, 1.82) is 0 Å². The fourth-order valence-corrected chi connectivity index (χ4v) is 2.80. The van der Waals surface area contributed by atoms with Crippen LogP contribution >= 0.6 is 0 Å². The zero-order chi connectivity index (χ0) is 21.3. The Morgan fingerprint density at radius 1 is 1.07 bits per heavy atom. The lowest BCUT2D eigenvalue weighted by Crippen LogP contribution is -2.30. The molecule has 0 atom stereocenters. The third-order valence-corrected chi connectivity index (χ3v) is 4.35. The molecule has 0 bridgehead atoms. The predicted molar refractivity (Wildman–Crippen MR) is 115 cm³/mol. The van der Waals surface area contributed by atoms with Crippen LogP contribution in [0.15, 0.2) is 76.8 Å². The van der Waals surface area contributed by atoms with Gasteiger partial charge in [0.15, 0.2) is 0 Å². The van der Waals surface area contributed by atoms with Gasteiger partial charge in [-0.3, -0.25) is 9.59 Å². The van der Waals surface area contributed by atoms with Gasteiger partial charge in [-0.05, 0) is 66.6 Å². The highest BCUT2D eigenvalue weighted by molar-refractivity contribution is 5.94. The fourth-order valence-electron chi connectivity index (χ4n) is 2.80. The van der Waals surface area contributed by atoms with Gasteiger partial charge in [-0.25, -0.2) is 5.43 Å². The van der Waals surface area contributed by atoms with E-state index in [1.54, 1.807) is 19.4 Å². The van der Waals surface area contributed by atoms with E-state index in [4.69, 9.17) is 9.47 Å². The minimum Gasteiger partial charge on any atom is -0.497 e. The van der Waals surface area contributed by atoms with Crippen molar-refractivity contribution < 1.29 is 14.3 Å². The molecule has 1 amide bonds. The topological polar surface area (TPSA) is 81.9 Å². The van der Waals surface area contributed by atoms with Gasteiger partial charge in [-0.2, -0.15) is 5.10 Å². The van der Waals surface area contributed by atoms with E-state index in [1.807, 2.05) is 55.5 Å². The molecule has 0 fully saturated rings. The van der Waals surface area contributed by atoms with Crippen LogP contribution in [0.5, 0.6) is 11.5 Å². The van der Waals surface area contributed by atoms with Crippen molar-refractivity contribution in [2.24, 2.45) is 5.10 Å². The van der Waals surface area contributed by atoms with E-state index in [0.717, 1.165) is 22.6 Å². The Hall–Kier alpha value is -3.87. The van der Waals surface area contributed by atoms with E-state index < -0.39 is 5.91 Å². The molecule has 7 nitrogen and oxygen atoms in total. The number of hydrogen-bond acceptors (Lipinski definition) is 5. The Bertz CT molecular complexity index is 1070. The number of nitrogens with one attached hydrogen (secondary N) is 1. The van der Waals surface area contributed by atoms with E-state index in [1.165, 1.54) is 16.8 Å². The maximum absolute atomic E-state index is 12.7. The van der Waals surface area contributed by atoms with Crippen LogP contribution < -0.4 is 20.5 Å². The number of carbonyl (C=O) groups is 1. The molecule has 3 rings (SSSR count). The van der Waals surface area contributed by atoms with Crippen LogP contribution in [0.3, 0.4) is 0 Å². The molecule has 2 aromatic carbocycles. The first kappa shape index (κ1) is 20.9. The van der Waals surface area contributed by atoms with Gasteiger partial charge in [0.25, 0.3) is 11.5 Å². The van der Waals surface area contributed by atoms with Crippen molar-refractivity contribution in [2.45, 2.75) is 13.5 Å². The molecule has 30 heavy (non-hydrogen) atoms. The number of nitrogens with zero attached hydrogens (tertiary/aromatic N) is 2. The Labute approximate surface area is 174 Å². The first-order valence-electron chi connectivity index (χ1n) is 9.49. The number of hydrazone groups is 1. The number of pyridine rings is 1. The summed E-state index contributed by atoms with van der Waals surface area (Å²) >= 11 is 0. The SMILES string of the molecule is CCOc1ccc(/C=N\NC(=O)c2cccn(Cc3ccc(OC)cc3)c2=O)cc1. The highest BCUT2D eigenvalue weighted by Crippen LogP contribution is 2.12. The molecule has 154 valence electrons. The van der Waals surface area contributed by atoms with Crippen LogP contribution in [-0.4, -0.2) is 30.4 Å². The maximum atomic E-state index is 12.7. The van der Waals surface area contributed by atoms with Gasteiger partial charge in [0, 0.05) is 6.20 Å². The van der Waals surface area contributed by atoms with Crippen LogP contribution in [0.4, 0.5) is 0 Å². The normalized spacial score (nSPS) is 10.7. The van der Waals surface area contributed by atoms with Gasteiger partial charge in [-0.15, -0.1) is 0 Å². The van der Waals surface area contributed by atoms with Crippen molar-refractivity contribution in [3.8, 4) is 11.5 Å². The molecular formula is C23H23N3O4. The number of aromatic nitrogens is 1. The molecular weight excluding hydrogens is 382 g/mol. The van der Waals surface area contributed by atoms with E-state index >= 15 is 0 Å². The van der Waals surface area contributed by atoms with Gasteiger partial charge in [-0.1, -0.05) is 12.1 Å². The zero-order valence-electron chi connectivity index (χ0n) is 16.9. The number of ether oxygens (including phenoxy) is 2. The first-order valence-corrected chi connectivity index (χ1v) is 9.49. The standard InChI is InChI=1S/C23H23N3O4/c1-3-30-20-12-6-17(7-13-20)15-24-25-22(27)21-5-4-14-26(23(21)28)16-18-8-10-19(29-2)11-9-18/h4-15H,3,16H2,1-2H3,(H,25,27)/b24-15-. The highest BCUT2D eigenvalue weighted by Gasteiger charge is 2.11. The molecule has 7 heteroatoms. The van der Waals surface area contributed by atoms with Crippen molar-refractivity contribution in [2.75, 3.05) is 13.7 Å². The van der Waals surface area contributed by atoms with Crippen molar-refractivity contribution in [1.82, 2.24) is 9.99 Å². The van der Waals surface area contributed by atoms with Gasteiger partial charge in [0.1, 0.15) is 17.1 Å². The Morgan fingerprint density at radius 3 is 2.43 bits per heavy atom. The fraction of sp³-hybridized carbons (Fsp3) is 0.174. The van der Waals surface area contributed by atoms with E-state index in [-0.39, 0.29) is 11.1 Å². The first-order chi connectivity index (χ1) is 14.6. The monoisotopic (exact) mass is 405 g/mol. The zero-order valence-corrected chi connectivity index (χ0v) is 16.9. The summed E-state index contributed by atoms with van der Waals surface area (Å²) in [6.45, 7) is 2.86. The van der Waals surface area contributed by atoms with Crippen molar-refractivity contribution in [3.63, 3.8) is 0 Å². The lowest BCUT2D eigenvalue weighted by Gasteiger charge is -2.08. The minimum absolute atomic E-state index is 0.0230. The summed E-state index contributed by atoms with van der Waals surface area (Å²) in [4.78, 5) is 25.1. The van der Waals surface area contributed by atoms with Crippen LogP contribution in [-0.2, 0) is 6.54 Å². The average molecular weight is 405 g/mol. The van der Waals surface area contributed by atoms with Crippen molar-refractivity contribution >= 4 is 12.1 Å². The van der Waals surface area contributed by atoms with Gasteiger partial charge >= 0.3 is 0 Å². The summed E-state index contributed by atoms with van der Waals surface area (Å²) in [5.74, 6) is 0.941. The number of hydrogen-bond donors (Lipinski definition) is 1. The van der Waals surface area contributed by atoms with Gasteiger partial charge in [0.05, 0.1) is 26.5 Å². The van der Waals surface area contributed by atoms with E-state index in [2.05, 4.69) is 10.5 Å². The highest BCUT2D eigenvalue weighted by atomic mass is 16.5. The largest absolute Gasteiger partial charge is 0.497 e. The molecule has 0 saturated heterocycles. The molecule has 0 radical (unpaired) electrons. The second-order valence-corrected chi connectivity index (χ2v) is 6.40. The Kier molecular flexibility index (Phi) is 7.00. The Balaban J connectivity index is 1.67. The molecule has 1 aromatic heterocycles. The van der Waals surface area contributed by atoms with Gasteiger partial charge in [0.2, 0.25) is 0 Å². The van der Waals surface area contributed by atoms with Crippen LogP contribution in [0, 0.1) is 0 Å². The van der Waals surface area contributed by atoms with Crippen molar-refractivity contribution in [3.05, 3.63) is 93.9 Å². The van der Waals surface area contributed by atoms with E-state index in [0.29, 0.717) is 13.2 Å². The number of rotatable bonds is 8. The molecule has 1 heterocycles. The molecule has 1 N–H and O–H groups in total. The van der Waals surface area contributed by atoms with E-state index in [9.17, 15) is 9.59 Å². The van der Waals surface area contributed by atoms with Crippen LogP contribution in [0.1, 0.15) is 28.4 Å². The second kappa shape index (κ2) is 10.1. The molecule has 0 aliphatic carbocycles. The summed E-state index contributed by atoms with van der Waals surface area (Å²) in [7, 11) is 1.60. The quantitative estimate of drug-likeness (QED) is 0.461. The maximum Gasteiger partial charge on any atom is 0.276 e. The summed E-state index contributed by atoms with van der Waals surface area (Å²) < 4.78 is 12.0. The average Bonchev–Trinajstić information content (AvgIpc) is 2.77. The molecule has 0 aliphatic rings. The molecule has 0 aliphatic heterocycles. The number of methoxy groups -OCH3 is 1. The third-order valence-electron chi connectivity index (χ3n) is 4.35. The summed E-state index contributed by atoms with van der Waals surface area (Å²) in [5, 5.41) is 3.94. The smallest absolute Gasteiger partial charge is 0.276 e. The van der Waals surface area contributed by atoms with Crippen LogP contribution in [0.25, 0.3) is 0 Å². The summed E-state index contributed by atoms with van der Waals surface area (Å²) in [6.07, 6.45) is 3.15. The predicted octanol–water partition coefficient (Wildman–Crippen LogP) is 3.07. The van der Waals surface area contributed by atoms with Gasteiger partial charge < -0.3 is 14.0 Å². The second-order valence-electron chi connectivity index (χ2n) is 6.40. The Morgan fingerprint density at radius 2 is 1.77 bits per heavy atom. The third kappa shape index (κ3) is 5.35. The minimum atomic E-state index is -0.564. The lowest BCUT2D eigenvalue weighted by molar-refractivity contribution is 0.0953. The number of benzene rings is 2. The summed E-state index contributed by atoms with van der Waals surface area (Å²) in [6, 6.07) is 17.8.